The van der Waals surface area contributed by atoms with Crippen molar-refractivity contribution in [2.75, 3.05) is 35.9 Å². The third kappa shape index (κ3) is 4.03. The number of morpholine rings is 1. The molecule has 0 saturated carbocycles. The molecular weight excluding hydrogens is 410 g/mol. The van der Waals surface area contributed by atoms with Crippen molar-refractivity contribution in [3.05, 3.63) is 52.1 Å². The Morgan fingerprint density at radius 1 is 1.07 bits per heavy atom. The van der Waals surface area contributed by atoms with E-state index >= 15 is 0 Å². The average Bonchev–Trinajstić information content (AvgIpc) is 3.04. The molecule has 0 unspecified atom stereocenters. The molecule has 0 atom stereocenters. The van der Waals surface area contributed by atoms with Gasteiger partial charge in [0.1, 0.15) is 0 Å². The van der Waals surface area contributed by atoms with Gasteiger partial charge in [-0.25, -0.2) is 8.42 Å². The second-order valence-corrected chi connectivity index (χ2v) is 9.89. The highest BCUT2D eigenvalue weighted by atomic mass is 32.2. The van der Waals surface area contributed by atoms with E-state index < -0.39 is 10.0 Å². The van der Waals surface area contributed by atoms with Crippen LogP contribution in [0.1, 0.15) is 19.9 Å². The van der Waals surface area contributed by atoms with Gasteiger partial charge in [-0.15, -0.1) is 0 Å². The van der Waals surface area contributed by atoms with Gasteiger partial charge >= 0.3 is 4.87 Å². The zero-order valence-electron chi connectivity index (χ0n) is 16.3. The number of nitrogens with zero attached hydrogens (tertiary/aromatic N) is 2. The maximum atomic E-state index is 12.8. The fourth-order valence-corrected chi connectivity index (χ4v) is 5.66. The Kier molecular flexibility index (Phi) is 5.37. The first-order valence-electron chi connectivity index (χ1n) is 9.46. The van der Waals surface area contributed by atoms with Crippen LogP contribution in [0.4, 0.5) is 11.4 Å². The monoisotopic (exact) mass is 433 g/mol. The maximum Gasteiger partial charge on any atom is 0.308 e. The molecule has 0 spiro atoms. The van der Waals surface area contributed by atoms with E-state index in [0.717, 1.165) is 35.6 Å². The van der Waals surface area contributed by atoms with Crippen LogP contribution < -0.4 is 14.5 Å². The number of ether oxygens (including phenoxy) is 1. The summed E-state index contributed by atoms with van der Waals surface area (Å²) in [5.74, 6) is 0. The highest BCUT2D eigenvalue weighted by Crippen LogP contribution is 2.26. The van der Waals surface area contributed by atoms with Gasteiger partial charge < -0.3 is 9.64 Å². The van der Waals surface area contributed by atoms with Crippen LogP contribution in [0.25, 0.3) is 10.2 Å². The van der Waals surface area contributed by atoms with Crippen LogP contribution in [0, 0.1) is 0 Å². The van der Waals surface area contributed by atoms with Crippen molar-refractivity contribution in [2.45, 2.75) is 24.8 Å². The van der Waals surface area contributed by atoms with Crippen LogP contribution >= 0.6 is 11.3 Å². The number of nitrogens with one attached hydrogen (secondary N) is 1. The van der Waals surface area contributed by atoms with Crippen molar-refractivity contribution in [1.82, 2.24) is 4.57 Å². The van der Waals surface area contributed by atoms with Gasteiger partial charge in [0.15, 0.2) is 0 Å². The summed E-state index contributed by atoms with van der Waals surface area (Å²) in [6.45, 7) is 6.90. The van der Waals surface area contributed by atoms with E-state index in [1.165, 1.54) is 6.07 Å². The molecule has 1 N–H and O–H groups in total. The molecule has 0 radical (unpaired) electrons. The molecule has 29 heavy (non-hydrogen) atoms. The Balaban J connectivity index is 1.57. The van der Waals surface area contributed by atoms with Gasteiger partial charge in [0.2, 0.25) is 0 Å². The third-order valence-electron chi connectivity index (χ3n) is 4.91. The quantitative estimate of drug-likeness (QED) is 0.668. The Morgan fingerprint density at radius 2 is 1.76 bits per heavy atom. The summed E-state index contributed by atoms with van der Waals surface area (Å²) in [5, 5.41) is 0. The van der Waals surface area contributed by atoms with Crippen LogP contribution in [0.2, 0.25) is 0 Å². The second kappa shape index (κ2) is 7.81. The van der Waals surface area contributed by atoms with Crippen molar-refractivity contribution >= 4 is 43.0 Å². The number of fused-ring (bicyclic) bond motifs is 1. The molecule has 4 rings (SSSR count). The molecule has 1 aromatic heterocycles. The zero-order chi connectivity index (χ0) is 20.6. The molecule has 9 heteroatoms. The summed E-state index contributed by atoms with van der Waals surface area (Å²) in [6.07, 6.45) is 0. The fourth-order valence-electron chi connectivity index (χ4n) is 3.45. The smallest absolute Gasteiger partial charge is 0.308 e. The number of hydrogen-bond donors (Lipinski definition) is 1. The third-order valence-corrected chi connectivity index (χ3v) is 7.20. The van der Waals surface area contributed by atoms with Crippen molar-refractivity contribution in [1.29, 1.82) is 0 Å². The number of aromatic nitrogens is 1. The Morgan fingerprint density at radius 3 is 2.41 bits per heavy atom. The predicted molar refractivity (Wildman–Crippen MR) is 117 cm³/mol. The molecule has 2 heterocycles. The normalized spacial score (nSPS) is 15.2. The summed E-state index contributed by atoms with van der Waals surface area (Å²) in [5.41, 5.74) is 2.29. The Hall–Kier alpha value is -2.36. The molecule has 0 bridgehead atoms. The van der Waals surface area contributed by atoms with Crippen LogP contribution in [0.5, 0.6) is 0 Å². The lowest BCUT2D eigenvalue weighted by Gasteiger charge is -2.28. The van der Waals surface area contributed by atoms with Gasteiger partial charge in [-0.1, -0.05) is 11.3 Å². The molecule has 0 aliphatic carbocycles. The molecular formula is C20H23N3O4S2. The summed E-state index contributed by atoms with van der Waals surface area (Å²) in [7, 11) is -3.75. The first-order chi connectivity index (χ1) is 13.8. The van der Waals surface area contributed by atoms with Crippen molar-refractivity contribution in [3.63, 3.8) is 0 Å². The Bertz CT molecular complexity index is 1170. The molecule has 154 valence electrons. The lowest BCUT2D eigenvalue weighted by atomic mass is 10.2. The molecule has 1 aliphatic rings. The number of sulfonamides is 1. The molecule has 7 nitrogen and oxygen atoms in total. The molecule has 1 fully saturated rings. The van der Waals surface area contributed by atoms with Crippen LogP contribution in [-0.2, 0) is 14.8 Å². The minimum absolute atomic E-state index is 0.0156. The average molecular weight is 434 g/mol. The van der Waals surface area contributed by atoms with Crippen LogP contribution in [-0.4, -0.2) is 39.3 Å². The standard InChI is InChI=1S/C20H23N3O4S2/c1-14(2)23-18-8-7-17(13-19(18)28-20(23)24)29(25,26)21-15-3-5-16(6-4-15)22-9-11-27-12-10-22/h3-8,13-14,21H,9-12H2,1-2H3. The van der Waals surface area contributed by atoms with Gasteiger partial charge in [-0.3, -0.25) is 14.1 Å². The number of benzene rings is 2. The first kappa shape index (κ1) is 19.9. The van der Waals surface area contributed by atoms with Gasteiger partial charge in [-0.2, -0.15) is 0 Å². The summed E-state index contributed by atoms with van der Waals surface area (Å²) in [6, 6.07) is 12.1. The molecule has 1 aliphatic heterocycles. The van der Waals surface area contributed by atoms with E-state index in [4.69, 9.17) is 4.74 Å². The molecule has 2 aromatic carbocycles. The SMILES string of the molecule is CC(C)n1c(=O)sc2cc(S(=O)(=O)Nc3ccc(N4CCOCC4)cc3)ccc21. The number of rotatable bonds is 5. The van der Waals surface area contributed by atoms with E-state index in [0.29, 0.717) is 23.6 Å². The number of thiazole rings is 1. The lowest BCUT2D eigenvalue weighted by molar-refractivity contribution is 0.122. The maximum absolute atomic E-state index is 12.8. The van der Waals surface area contributed by atoms with E-state index in [2.05, 4.69) is 9.62 Å². The van der Waals surface area contributed by atoms with Crippen molar-refractivity contribution < 1.29 is 13.2 Å². The van der Waals surface area contributed by atoms with Gasteiger partial charge in [-0.05, 0) is 56.3 Å². The van der Waals surface area contributed by atoms with E-state index in [-0.39, 0.29) is 15.8 Å². The minimum Gasteiger partial charge on any atom is -0.378 e. The largest absolute Gasteiger partial charge is 0.378 e. The van der Waals surface area contributed by atoms with Gasteiger partial charge in [0, 0.05) is 30.5 Å². The number of hydrogen-bond acceptors (Lipinski definition) is 6. The van der Waals surface area contributed by atoms with E-state index in [9.17, 15) is 13.2 Å². The van der Waals surface area contributed by atoms with Gasteiger partial charge in [0.05, 0.1) is 28.3 Å². The predicted octanol–water partition coefficient (Wildman–Crippen LogP) is 3.28. The van der Waals surface area contributed by atoms with Crippen LogP contribution in [0.15, 0.2) is 52.2 Å². The van der Waals surface area contributed by atoms with E-state index in [1.807, 2.05) is 26.0 Å². The van der Waals surface area contributed by atoms with Crippen molar-refractivity contribution in [3.8, 4) is 0 Å². The molecule has 3 aromatic rings. The highest BCUT2D eigenvalue weighted by Gasteiger charge is 2.18. The zero-order valence-corrected chi connectivity index (χ0v) is 17.9. The van der Waals surface area contributed by atoms with Crippen molar-refractivity contribution in [2.24, 2.45) is 0 Å². The van der Waals surface area contributed by atoms with Crippen LogP contribution in [0.3, 0.4) is 0 Å². The lowest BCUT2D eigenvalue weighted by Crippen LogP contribution is -2.36. The highest BCUT2D eigenvalue weighted by molar-refractivity contribution is 7.92. The summed E-state index contributed by atoms with van der Waals surface area (Å²) in [4.78, 5) is 14.5. The first-order valence-corrected chi connectivity index (χ1v) is 11.8. The number of anilines is 2. The fraction of sp³-hybridized carbons (Fsp3) is 0.350. The topological polar surface area (TPSA) is 80.6 Å². The summed E-state index contributed by atoms with van der Waals surface area (Å²) < 4.78 is 36.0. The minimum atomic E-state index is -3.75. The Labute approximate surface area is 173 Å². The van der Waals surface area contributed by atoms with E-state index in [1.54, 1.807) is 28.8 Å². The molecule has 0 amide bonds. The summed E-state index contributed by atoms with van der Waals surface area (Å²) >= 11 is 1.06. The second-order valence-electron chi connectivity index (χ2n) is 7.21. The van der Waals surface area contributed by atoms with Gasteiger partial charge in [0.25, 0.3) is 10.0 Å². The molecule has 1 saturated heterocycles.